The first-order valence-corrected chi connectivity index (χ1v) is 10.6. The van der Waals surface area contributed by atoms with Gasteiger partial charge in [0.05, 0.1) is 0 Å². The second-order valence-electron chi connectivity index (χ2n) is 8.41. The molecule has 0 bridgehead atoms. The van der Waals surface area contributed by atoms with Crippen LogP contribution >= 0.6 is 0 Å². The van der Waals surface area contributed by atoms with Crippen molar-refractivity contribution in [1.82, 2.24) is 20.0 Å². The van der Waals surface area contributed by atoms with Crippen molar-refractivity contribution in [2.24, 2.45) is 0 Å². The van der Waals surface area contributed by atoms with E-state index in [9.17, 15) is 9.18 Å². The van der Waals surface area contributed by atoms with Gasteiger partial charge in [0.1, 0.15) is 11.5 Å². The summed E-state index contributed by atoms with van der Waals surface area (Å²) in [5.74, 6) is 0.162. The lowest BCUT2D eigenvalue weighted by molar-refractivity contribution is 0.0558. The number of hydrogen-bond donors (Lipinski definition) is 1. The summed E-state index contributed by atoms with van der Waals surface area (Å²) >= 11 is 0. The number of aromatic nitrogens is 2. The van der Waals surface area contributed by atoms with Crippen LogP contribution in [0.2, 0.25) is 0 Å². The predicted molar refractivity (Wildman–Crippen MR) is 112 cm³/mol. The second kappa shape index (κ2) is 8.53. The number of benzene rings is 1. The van der Waals surface area contributed by atoms with Gasteiger partial charge in [-0.2, -0.15) is 5.10 Å². The van der Waals surface area contributed by atoms with Crippen molar-refractivity contribution < 1.29 is 9.18 Å². The molecule has 0 saturated carbocycles. The average molecular weight is 400 g/mol. The number of likely N-dealkylation sites (tertiary alicyclic amines) is 1. The van der Waals surface area contributed by atoms with Crippen molar-refractivity contribution in [1.29, 1.82) is 0 Å². The van der Waals surface area contributed by atoms with Crippen molar-refractivity contribution in [3.05, 3.63) is 47.5 Å². The summed E-state index contributed by atoms with van der Waals surface area (Å²) in [4.78, 5) is 19.7. The highest BCUT2D eigenvalue weighted by Gasteiger charge is 2.31. The minimum Gasteiger partial charge on any atom is -0.369 e. The van der Waals surface area contributed by atoms with Gasteiger partial charge in [-0.3, -0.25) is 14.8 Å². The van der Waals surface area contributed by atoms with Crippen molar-refractivity contribution >= 4 is 11.6 Å². The topological polar surface area (TPSA) is 55.5 Å². The molecule has 2 fully saturated rings. The number of nitrogens with one attached hydrogen (secondary N) is 1. The third-order valence-corrected chi connectivity index (χ3v) is 6.14. The molecule has 1 amide bonds. The van der Waals surface area contributed by atoms with Crippen LogP contribution in [0, 0.1) is 5.82 Å². The standard InChI is InChI=1S/C22H30FN5O/c1-16(2)20-14-21(25-24-20)22(29)28-9-3-4-19(15-28)27-12-10-26(11-13-27)18-7-5-17(23)6-8-18/h5-8,14,16,19H,3-4,9-13,15H2,1-2H3,(H,24,25). The Morgan fingerprint density at radius 3 is 2.52 bits per heavy atom. The van der Waals surface area contributed by atoms with Crippen LogP contribution in [-0.2, 0) is 0 Å². The summed E-state index contributed by atoms with van der Waals surface area (Å²) in [5, 5.41) is 7.22. The lowest BCUT2D eigenvalue weighted by Crippen LogP contribution is -2.55. The van der Waals surface area contributed by atoms with Crippen LogP contribution in [0.5, 0.6) is 0 Å². The number of carbonyl (C=O) groups is 1. The van der Waals surface area contributed by atoms with Crippen LogP contribution in [-0.4, -0.2) is 71.2 Å². The minimum absolute atomic E-state index is 0.0304. The molecule has 156 valence electrons. The number of piperazine rings is 1. The first kappa shape index (κ1) is 19.9. The number of nitrogens with zero attached hydrogens (tertiary/aromatic N) is 4. The van der Waals surface area contributed by atoms with E-state index in [1.807, 2.05) is 23.1 Å². The maximum Gasteiger partial charge on any atom is 0.274 e. The van der Waals surface area contributed by atoms with E-state index in [2.05, 4.69) is 33.8 Å². The number of hydrogen-bond acceptors (Lipinski definition) is 4. The van der Waals surface area contributed by atoms with Gasteiger partial charge >= 0.3 is 0 Å². The number of aromatic amines is 1. The molecule has 4 rings (SSSR count). The zero-order valence-electron chi connectivity index (χ0n) is 17.3. The molecule has 2 aliphatic rings. The van der Waals surface area contributed by atoms with Crippen LogP contribution < -0.4 is 4.90 Å². The number of carbonyl (C=O) groups excluding carboxylic acids is 1. The molecule has 0 aliphatic carbocycles. The molecule has 0 radical (unpaired) electrons. The van der Waals surface area contributed by atoms with Crippen LogP contribution in [0.4, 0.5) is 10.1 Å². The average Bonchev–Trinajstić information content (AvgIpc) is 3.25. The molecule has 1 unspecified atom stereocenters. The van der Waals surface area contributed by atoms with Crippen molar-refractivity contribution in [2.45, 2.75) is 38.6 Å². The molecule has 1 atom stereocenters. The van der Waals surface area contributed by atoms with E-state index < -0.39 is 0 Å². The molecule has 2 saturated heterocycles. The Morgan fingerprint density at radius 1 is 1.14 bits per heavy atom. The summed E-state index contributed by atoms with van der Waals surface area (Å²) in [5.41, 5.74) is 2.60. The van der Waals surface area contributed by atoms with Gasteiger partial charge in [0.15, 0.2) is 0 Å². The van der Waals surface area contributed by atoms with Crippen LogP contribution in [0.3, 0.4) is 0 Å². The molecule has 1 aromatic carbocycles. The quantitative estimate of drug-likeness (QED) is 0.858. The van der Waals surface area contributed by atoms with Gasteiger partial charge in [0, 0.05) is 56.7 Å². The first-order chi connectivity index (χ1) is 14.0. The number of anilines is 1. The highest BCUT2D eigenvalue weighted by atomic mass is 19.1. The zero-order valence-corrected chi connectivity index (χ0v) is 17.3. The second-order valence-corrected chi connectivity index (χ2v) is 8.41. The minimum atomic E-state index is -0.197. The molecule has 2 aromatic rings. The first-order valence-electron chi connectivity index (χ1n) is 10.6. The van der Waals surface area contributed by atoms with Gasteiger partial charge in [-0.25, -0.2) is 4.39 Å². The molecule has 29 heavy (non-hydrogen) atoms. The number of amides is 1. The van der Waals surface area contributed by atoms with Gasteiger partial charge in [-0.15, -0.1) is 0 Å². The fourth-order valence-corrected chi connectivity index (χ4v) is 4.34. The number of rotatable bonds is 4. The van der Waals surface area contributed by atoms with Crippen LogP contribution in [0.15, 0.2) is 30.3 Å². The maximum atomic E-state index is 13.2. The Morgan fingerprint density at radius 2 is 1.86 bits per heavy atom. The fourth-order valence-electron chi connectivity index (χ4n) is 4.34. The Bertz CT molecular complexity index is 826. The molecule has 0 spiro atoms. The molecular formula is C22H30FN5O. The largest absolute Gasteiger partial charge is 0.369 e. The molecule has 3 heterocycles. The van der Waals surface area contributed by atoms with Crippen molar-refractivity contribution in [3.8, 4) is 0 Å². The molecule has 1 aromatic heterocycles. The van der Waals surface area contributed by atoms with E-state index in [1.54, 1.807) is 0 Å². The van der Waals surface area contributed by atoms with E-state index >= 15 is 0 Å². The Labute approximate surface area is 171 Å². The third kappa shape index (κ3) is 4.45. The highest BCUT2D eigenvalue weighted by Crippen LogP contribution is 2.22. The summed E-state index contributed by atoms with van der Waals surface area (Å²) in [7, 11) is 0. The molecule has 1 N–H and O–H groups in total. The lowest BCUT2D eigenvalue weighted by Gasteiger charge is -2.43. The number of halogens is 1. The Hall–Kier alpha value is -2.41. The van der Waals surface area contributed by atoms with Gasteiger partial charge in [-0.1, -0.05) is 13.8 Å². The van der Waals surface area contributed by atoms with E-state index in [4.69, 9.17) is 0 Å². The fraction of sp³-hybridized carbons (Fsp3) is 0.545. The predicted octanol–water partition coefficient (Wildman–Crippen LogP) is 3.10. The zero-order chi connectivity index (χ0) is 20.4. The monoisotopic (exact) mass is 399 g/mol. The van der Waals surface area contributed by atoms with E-state index in [-0.39, 0.29) is 11.7 Å². The normalized spacial score (nSPS) is 21.0. The molecule has 6 nitrogen and oxygen atoms in total. The van der Waals surface area contributed by atoms with Gasteiger partial charge in [0.2, 0.25) is 0 Å². The van der Waals surface area contributed by atoms with Crippen LogP contribution in [0.25, 0.3) is 0 Å². The highest BCUT2D eigenvalue weighted by molar-refractivity contribution is 5.92. The molecule has 7 heteroatoms. The Balaban J connectivity index is 1.34. The van der Waals surface area contributed by atoms with E-state index in [1.165, 1.54) is 12.1 Å². The van der Waals surface area contributed by atoms with Crippen molar-refractivity contribution in [2.75, 3.05) is 44.2 Å². The number of piperidine rings is 1. The van der Waals surface area contributed by atoms with E-state index in [0.717, 1.165) is 63.5 Å². The molecule has 2 aliphatic heterocycles. The SMILES string of the molecule is CC(C)c1cc(C(=O)N2CCCC(N3CCN(c4ccc(F)cc4)CC3)C2)n[nH]1. The number of H-pyrrole nitrogens is 1. The smallest absolute Gasteiger partial charge is 0.274 e. The summed E-state index contributed by atoms with van der Waals surface area (Å²) in [6.07, 6.45) is 2.15. The van der Waals surface area contributed by atoms with E-state index in [0.29, 0.717) is 17.7 Å². The summed E-state index contributed by atoms with van der Waals surface area (Å²) in [6, 6.07) is 9.02. The molecular weight excluding hydrogens is 369 g/mol. The van der Waals surface area contributed by atoms with Crippen molar-refractivity contribution in [3.63, 3.8) is 0 Å². The van der Waals surface area contributed by atoms with Crippen LogP contribution in [0.1, 0.15) is 48.8 Å². The van der Waals surface area contributed by atoms with Gasteiger partial charge in [-0.05, 0) is 49.1 Å². The lowest BCUT2D eigenvalue weighted by atomic mass is 10.0. The van der Waals surface area contributed by atoms with Gasteiger partial charge < -0.3 is 9.80 Å². The summed E-state index contributed by atoms with van der Waals surface area (Å²) in [6.45, 7) is 9.51. The third-order valence-electron chi connectivity index (χ3n) is 6.14. The van der Waals surface area contributed by atoms with Gasteiger partial charge in [0.25, 0.3) is 5.91 Å². The maximum absolute atomic E-state index is 13.2. The Kier molecular flexibility index (Phi) is 5.85. The summed E-state index contributed by atoms with van der Waals surface area (Å²) < 4.78 is 13.2.